The fourth-order valence-electron chi connectivity index (χ4n) is 1.45. The average molecular weight is 204 g/mol. The molecule has 0 amide bonds. The lowest BCUT2D eigenvalue weighted by Gasteiger charge is -2.25. The minimum Gasteiger partial charge on any atom is -0.272 e. The third-order valence-corrected chi connectivity index (χ3v) is 2.54. The van der Waals surface area contributed by atoms with E-state index in [4.69, 9.17) is 11.8 Å². The minimum atomic E-state index is 0.276. The molecule has 0 aromatic carbocycles. The van der Waals surface area contributed by atoms with Gasteiger partial charge in [0.05, 0.1) is 0 Å². The maximum Gasteiger partial charge on any atom is 0.134 e. The standard InChI is InChI=1S/C9H18ClN3/c1-3-5-7-13-9(6-4-2)12(10)8-11-13/h8-9H,3-7H2,1-2H3. The first kappa shape index (κ1) is 10.6. The largest absolute Gasteiger partial charge is 0.272 e. The third-order valence-electron chi connectivity index (χ3n) is 2.23. The number of hydrogen-bond acceptors (Lipinski definition) is 3. The molecule has 76 valence electrons. The van der Waals surface area contributed by atoms with E-state index in [0.717, 1.165) is 19.4 Å². The summed E-state index contributed by atoms with van der Waals surface area (Å²) in [6, 6.07) is 0. The van der Waals surface area contributed by atoms with E-state index in [9.17, 15) is 0 Å². The Bertz CT molecular complexity index is 172. The fourth-order valence-corrected chi connectivity index (χ4v) is 1.69. The molecule has 0 aromatic heterocycles. The van der Waals surface area contributed by atoms with Gasteiger partial charge in [-0.3, -0.25) is 5.01 Å². The van der Waals surface area contributed by atoms with Gasteiger partial charge < -0.3 is 0 Å². The Morgan fingerprint density at radius 3 is 2.77 bits per heavy atom. The van der Waals surface area contributed by atoms with Crippen molar-refractivity contribution in [2.45, 2.75) is 45.7 Å². The molecule has 0 aliphatic carbocycles. The van der Waals surface area contributed by atoms with Crippen molar-refractivity contribution in [2.75, 3.05) is 6.54 Å². The number of halogens is 1. The Balaban J connectivity index is 2.38. The van der Waals surface area contributed by atoms with Gasteiger partial charge in [-0.05, 0) is 12.8 Å². The van der Waals surface area contributed by atoms with E-state index in [1.807, 2.05) is 0 Å². The summed E-state index contributed by atoms with van der Waals surface area (Å²) in [4.78, 5) is 0. The van der Waals surface area contributed by atoms with Gasteiger partial charge in [-0.15, -0.1) is 0 Å². The van der Waals surface area contributed by atoms with Crippen molar-refractivity contribution in [1.82, 2.24) is 9.43 Å². The molecule has 1 unspecified atom stereocenters. The summed E-state index contributed by atoms with van der Waals surface area (Å²) in [5.74, 6) is 0. The van der Waals surface area contributed by atoms with Crippen molar-refractivity contribution in [3.63, 3.8) is 0 Å². The van der Waals surface area contributed by atoms with Crippen LogP contribution in [0.5, 0.6) is 0 Å². The SMILES string of the molecule is CCCCN1N=CN(Cl)C1CCC. The minimum absolute atomic E-state index is 0.276. The molecule has 0 N–H and O–H groups in total. The van der Waals surface area contributed by atoms with Gasteiger partial charge in [-0.2, -0.15) is 5.10 Å². The summed E-state index contributed by atoms with van der Waals surface area (Å²) < 4.78 is 1.68. The third kappa shape index (κ3) is 2.76. The number of nitrogens with zero attached hydrogens (tertiary/aromatic N) is 3. The van der Waals surface area contributed by atoms with Crippen LogP contribution in [0.25, 0.3) is 0 Å². The van der Waals surface area contributed by atoms with Crippen molar-refractivity contribution in [2.24, 2.45) is 5.10 Å². The van der Waals surface area contributed by atoms with Crippen LogP contribution in [0, 0.1) is 0 Å². The van der Waals surface area contributed by atoms with Crippen LogP contribution >= 0.6 is 11.8 Å². The van der Waals surface area contributed by atoms with Gasteiger partial charge >= 0.3 is 0 Å². The molecule has 0 fully saturated rings. The van der Waals surface area contributed by atoms with E-state index in [1.165, 1.54) is 12.8 Å². The lowest BCUT2D eigenvalue weighted by atomic mass is 10.2. The molecule has 4 heteroatoms. The van der Waals surface area contributed by atoms with Crippen molar-refractivity contribution in [3.8, 4) is 0 Å². The maximum absolute atomic E-state index is 5.97. The molecule has 1 heterocycles. The highest BCUT2D eigenvalue weighted by Gasteiger charge is 2.24. The van der Waals surface area contributed by atoms with Gasteiger partial charge in [0.15, 0.2) is 0 Å². The van der Waals surface area contributed by atoms with Crippen LogP contribution in [0.2, 0.25) is 0 Å². The molecule has 0 saturated carbocycles. The van der Waals surface area contributed by atoms with Gasteiger partial charge in [-0.25, -0.2) is 4.42 Å². The molecular weight excluding hydrogens is 186 g/mol. The second kappa shape index (κ2) is 5.32. The summed E-state index contributed by atoms with van der Waals surface area (Å²) in [6.45, 7) is 5.37. The molecule has 0 radical (unpaired) electrons. The molecule has 0 saturated heterocycles. The van der Waals surface area contributed by atoms with Gasteiger partial charge in [0.1, 0.15) is 12.5 Å². The topological polar surface area (TPSA) is 18.8 Å². The molecule has 3 nitrogen and oxygen atoms in total. The molecule has 1 aliphatic rings. The van der Waals surface area contributed by atoms with Crippen LogP contribution in [0.1, 0.15) is 39.5 Å². The lowest BCUT2D eigenvalue weighted by Crippen LogP contribution is -2.35. The molecule has 0 bridgehead atoms. The van der Waals surface area contributed by atoms with Gasteiger partial charge in [0.2, 0.25) is 0 Å². The van der Waals surface area contributed by atoms with E-state index < -0.39 is 0 Å². The maximum atomic E-state index is 5.97. The first-order chi connectivity index (χ1) is 6.29. The second-order valence-corrected chi connectivity index (χ2v) is 3.75. The Morgan fingerprint density at radius 1 is 1.38 bits per heavy atom. The van der Waals surface area contributed by atoms with Gasteiger partial charge in [0.25, 0.3) is 0 Å². The molecule has 1 rings (SSSR count). The van der Waals surface area contributed by atoms with Crippen LogP contribution in [0.15, 0.2) is 5.10 Å². The highest BCUT2D eigenvalue weighted by Crippen LogP contribution is 2.19. The number of hydrazone groups is 1. The second-order valence-electron chi connectivity index (χ2n) is 3.36. The summed E-state index contributed by atoms with van der Waals surface area (Å²) >= 11 is 5.97. The van der Waals surface area contributed by atoms with E-state index in [0.29, 0.717) is 0 Å². The van der Waals surface area contributed by atoms with Crippen molar-refractivity contribution in [1.29, 1.82) is 0 Å². The number of rotatable bonds is 5. The quantitative estimate of drug-likeness (QED) is 0.640. The zero-order valence-electron chi connectivity index (χ0n) is 8.41. The van der Waals surface area contributed by atoms with Crippen LogP contribution in [-0.2, 0) is 0 Å². The molecule has 0 spiro atoms. The van der Waals surface area contributed by atoms with Crippen molar-refractivity contribution >= 4 is 18.1 Å². The summed E-state index contributed by atoms with van der Waals surface area (Å²) in [7, 11) is 0. The Morgan fingerprint density at radius 2 is 2.15 bits per heavy atom. The number of unbranched alkanes of at least 4 members (excludes halogenated alkanes) is 1. The van der Waals surface area contributed by atoms with Crippen LogP contribution < -0.4 is 0 Å². The molecular formula is C9H18ClN3. The fraction of sp³-hybridized carbons (Fsp3) is 0.889. The van der Waals surface area contributed by atoms with Crippen molar-refractivity contribution < 1.29 is 0 Å². The molecule has 1 atom stereocenters. The Hall–Kier alpha value is -0.440. The zero-order chi connectivity index (χ0) is 9.68. The molecule has 13 heavy (non-hydrogen) atoms. The first-order valence-corrected chi connectivity index (χ1v) is 5.38. The summed E-state index contributed by atoms with van der Waals surface area (Å²) in [6.07, 6.45) is 6.58. The van der Waals surface area contributed by atoms with E-state index in [1.54, 1.807) is 10.8 Å². The van der Waals surface area contributed by atoms with E-state index >= 15 is 0 Å². The summed E-state index contributed by atoms with van der Waals surface area (Å²) in [5.41, 5.74) is 0. The normalized spacial score (nSPS) is 21.6. The average Bonchev–Trinajstić information content (AvgIpc) is 2.46. The van der Waals surface area contributed by atoms with Crippen LogP contribution in [0.3, 0.4) is 0 Å². The summed E-state index contributed by atoms with van der Waals surface area (Å²) in [5, 5.41) is 6.34. The van der Waals surface area contributed by atoms with Gasteiger partial charge in [-0.1, -0.05) is 26.7 Å². The zero-order valence-corrected chi connectivity index (χ0v) is 9.17. The predicted molar refractivity (Wildman–Crippen MR) is 56.5 cm³/mol. The van der Waals surface area contributed by atoms with E-state index in [-0.39, 0.29) is 6.17 Å². The Labute approximate surface area is 85.5 Å². The number of hydrogen-bond donors (Lipinski definition) is 0. The van der Waals surface area contributed by atoms with Crippen LogP contribution in [0.4, 0.5) is 0 Å². The highest BCUT2D eigenvalue weighted by atomic mass is 35.5. The predicted octanol–water partition coefficient (Wildman–Crippen LogP) is 2.63. The Kier molecular flexibility index (Phi) is 4.36. The van der Waals surface area contributed by atoms with E-state index in [2.05, 4.69) is 24.0 Å². The molecule has 0 aromatic rings. The van der Waals surface area contributed by atoms with Gasteiger partial charge in [0, 0.05) is 18.3 Å². The van der Waals surface area contributed by atoms with Crippen molar-refractivity contribution in [3.05, 3.63) is 0 Å². The smallest absolute Gasteiger partial charge is 0.134 e. The van der Waals surface area contributed by atoms with Crippen LogP contribution in [-0.4, -0.2) is 28.5 Å². The highest BCUT2D eigenvalue weighted by molar-refractivity contribution is 6.19. The lowest BCUT2D eigenvalue weighted by molar-refractivity contribution is 0.162. The molecule has 1 aliphatic heterocycles. The first-order valence-electron chi connectivity index (χ1n) is 5.04. The monoisotopic (exact) mass is 203 g/mol.